The molecule has 0 bridgehead atoms. The third-order valence-electron chi connectivity index (χ3n) is 1.98. The van der Waals surface area contributed by atoms with Crippen LogP contribution in [0, 0.1) is 0 Å². The van der Waals surface area contributed by atoms with Crippen LogP contribution in [-0.4, -0.2) is 38.7 Å². The molecule has 2 N–H and O–H groups in total. The van der Waals surface area contributed by atoms with E-state index < -0.39 is 22.0 Å². The van der Waals surface area contributed by atoms with Crippen LogP contribution in [0.4, 0.5) is 13.2 Å². The second kappa shape index (κ2) is 5.48. The molecular formula is C7H12F3NO4S. The Morgan fingerprint density at radius 3 is 2.00 bits per heavy atom. The monoisotopic (exact) mass is 263 g/mol. The van der Waals surface area contributed by atoms with E-state index in [2.05, 4.69) is 0 Å². The number of carbonyl (C=O) groups is 1. The van der Waals surface area contributed by atoms with Crippen molar-refractivity contribution in [1.82, 2.24) is 0 Å². The fourth-order valence-electron chi connectivity index (χ4n) is 1.19. The number of sulfone groups is 1. The SMILES string of the molecule is C[NH2+]C1CCCS1(=O)=O.O=C([O-])C(F)(F)F. The predicted octanol–water partition coefficient (Wildman–Crippen LogP) is -1.99. The highest BCUT2D eigenvalue weighted by Crippen LogP contribution is 2.13. The average molecular weight is 263 g/mol. The zero-order valence-corrected chi connectivity index (χ0v) is 9.27. The average Bonchev–Trinajstić information content (AvgIpc) is 2.43. The zero-order valence-electron chi connectivity index (χ0n) is 8.45. The Labute approximate surface area is 90.6 Å². The molecule has 1 atom stereocenters. The van der Waals surface area contributed by atoms with Gasteiger partial charge in [0.2, 0.25) is 9.84 Å². The van der Waals surface area contributed by atoms with Crippen LogP contribution in [0.2, 0.25) is 0 Å². The van der Waals surface area contributed by atoms with Gasteiger partial charge in [-0.25, -0.2) is 8.42 Å². The molecule has 1 aliphatic rings. The smallest absolute Gasteiger partial charge is 0.430 e. The predicted molar refractivity (Wildman–Crippen MR) is 45.7 cm³/mol. The Hall–Kier alpha value is -0.830. The highest BCUT2D eigenvalue weighted by molar-refractivity contribution is 7.92. The second-order valence-corrected chi connectivity index (χ2v) is 5.51. The normalized spacial score (nSPS) is 23.4. The van der Waals surface area contributed by atoms with Crippen molar-refractivity contribution in [2.45, 2.75) is 24.4 Å². The Kier molecular flexibility index (Phi) is 5.20. The molecular weight excluding hydrogens is 251 g/mol. The van der Waals surface area contributed by atoms with Gasteiger partial charge in [-0.05, 0) is 6.42 Å². The van der Waals surface area contributed by atoms with Gasteiger partial charge in [0.05, 0.1) is 12.8 Å². The number of carbonyl (C=O) groups excluding carboxylic acids is 1. The molecule has 0 spiro atoms. The Bertz CT molecular complexity index is 338. The van der Waals surface area contributed by atoms with E-state index in [1.54, 1.807) is 5.32 Å². The topological polar surface area (TPSA) is 90.9 Å². The van der Waals surface area contributed by atoms with Crippen molar-refractivity contribution < 1.29 is 36.8 Å². The van der Waals surface area contributed by atoms with Gasteiger partial charge < -0.3 is 15.2 Å². The molecule has 5 nitrogen and oxygen atoms in total. The lowest BCUT2D eigenvalue weighted by Gasteiger charge is -2.03. The number of rotatable bonds is 1. The van der Waals surface area contributed by atoms with Gasteiger partial charge in [0.1, 0.15) is 5.97 Å². The van der Waals surface area contributed by atoms with Gasteiger partial charge in [-0.3, -0.25) is 0 Å². The van der Waals surface area contributed by atoms with Gasteiger partial charge in [0.15, 0.2) is 5.37 Å². The molecule has 1 rings (SSSR count). The van der Waals surface area contributed by atoms with E-state index >= 15 is 0 Å². The number of carboxylic acid groups (broad SMARTS) is 1. The molecule has 0 amide bonds. The fraction of sp³-hybridized carbons (Fsp3) is 0.857. The summed E-state index contributed by atoms with van der Waals surface area (Å²) in [4.78, 5) is 8.78. The quantitative estimate of drug-likeness (QED) is 0.593. The first-order chi connectivity index (χ1) is 7.11. The van der Waals surface area contributed by atoms with Crippen LogP contribution in [0.5, 0.6) is 0 Å². The first kappa shape index (κ1) is 15.2. The number of nitrogens with two attached hydrogens (primary N) is 1. The molecule has 0 aromatic heterocycles. The van der Waals surface area contributed by atoms with Gasteiger partial charge in [-0.2, -0.15) is 13.2 Å². The highest BCUT2D eigenvalue weighted by Gasteiger charge is 2.32. The molecule has 0 saturated carbocycles. The van der Waals surface area contributed by atoms with Crippen LogP contribution in [0.25, 0.3) is 0 Å². The standard InChI is InChI=1S/C5H11NO2S.C2HF3O2/c1-6-5-3-2-4-9(5,7)8;3-2(4,5)1(6)7/h5-6H,2-4H2,1H3;(H,6,7). The van der Waals surface area contributed by atoms with Crippen molar-refractivity contribution in [2.75, 3.05) is 12.8 Å². The molecule has 16 heavy (non-hydrogen) atoms. The number of quaternary nitrogens is 1. The number of halogens is 3. The molecule has 1 unspecified atom stereocenters. The maximum absolute atomic E-state index is 11.0. The number of alkyl halides is 3. The van der Waals surface area contributed by atoms with Crippen LogP contribution >= 0.6 is 0 Å². The lowest BCUT2D eigenvalue weighted by Crippen LogP contribution is -2.87. The van der Waals surface area contributed by atoms with Gasteiger partial charge in [-0.1, -0.05) is 0 Å². The summed E-state index contributed by atoms with van der Waals surface area (Å²) in [5, 5.41) is 10.4. The number of hydrogen-bond donors (Lipinski definition) is 1. The van der Waals surface area contributed by atoms with Gasteiger partial charge in [0.25, 0.3) is 0 Å². The van der Waals surface area contributed by atoms with Crippen LogP contribution in [0.15, 0.2) is 0 Å². The fourth-order valence-corrected chi connectivity index (χ4v) is 3.00. The van der Waals surface area contributed by atoms with E-state index in [1.165, 1.54) is 0 Å². The third-order valence-corrected chi connectivity index (χ3v) is 4.27. The first-order valence-electron chi connectivity index (χ1n) is 4.40. The molecule has 96 valence electrons. The van der Waals surface area contributed by atoms with Crippen LogP contribution in [0.3, 0.4) is 0 Å². The molecule has 0 aromatic rings. The summed E-state index contributed by atoms with van der Waals surface area (Å²) in [7, 11) is -0.880. The van der Waals surface area contributed by atoms with Crippen molar-refractivity contribution in [3.8, 4) is 0 Å². The molecule has 1 saturated heterocycles. The van der Waals surface area contributed by atoms with Crippen molar-refractivity contribution >= 4 is 15.8 Å². The number of hydrogen-bond acceptors (Lipinski definition) is 4. The molecule has 1 aliphatic heterocycles. The lowest BCUT2D eigenvalue weighted by atomic mass is 10.3. The van der Waals surface area contributed by atoms with Crippen LogP contribution in [0.1, 0.15) is 12.8 Å². The molecule has 1 heterocycles. The maximum Gasteiger partial charge on any atom is 0.430 e. The largest absolute Gasteiger partial charge is 0.542 e. The molecule has 0 radical (unpaired) electrons. The molecule has 0 aliphatic carbocycles. The van der Waals surface area contributed by atoms with Crippen molar-refractivity contribution in [2.24, 2.45) is 0 Å². The van der Waals surface area contributed by atoms with E-state index in [4.69, 9.17) is 9.90 Å². The number of carboxylic acids is 1. The van der Waals surface area contributed by atoms with Gasteiger partial charge >= 0.3 is 6.18 Å². The first-order valence-corrected chi connectivity index (χ1v) is 6.12. The summed E-state index contributed by atoms with van der Waals surface area (Å²) in [5.41, 5.74) is 0. The third kappa shape index (κ3) is 4.79. The Morgan fingerprint density at radius 1 is 1.44 bits per heavy atom. The van der Waals surface area contributed by atoms with Crippen molar-refractivity contribution in [3.63, 3.8) is 0 Å². The highest BCUT2D eigenvalue weighted by atomic mass is 32.2. The second-order valence-electron chi connectivity index (χ2n) is 3.17. The molecule has 9 heteroatoms. The maximum atomic E-state index is 11.0. The van der Waals surface area contributed by atoms with E-state index in [1.807, 2.05) is 7.05 Å². The van der Waals surface area contributed by atoms with E-state index in [-0.39, 0.29) is 5.37 Å². The summed E-state index contributed by atoms with van der Waals surface area (Å²) < 4.78 is 53.5. The van der Waals surface area contributed by atoms with E-state index in [0.717, 1.165) is 12.8 Å². The van der Waals surface area contributed by atoms with Gasteiger partial charge in [-0.15, -0.1) is 0 Å². The molecule has 0 aromatic carbocycles. The van der Waals surface area contributed by atoms with Gasteiger partial charge in [0, 0.05) is 6.42 Å². The Morgan fingerprint density at radius 2 is 1.88 bits per heavy atom. The summed E-state index contributed by atoms with van der Waals surface area (Å²) in [6, 6.07) is 0. The summed E-state index contributed by atoms with van der Waals surface area (Å²) in [6.45, 7) is 0. The lowest BCUT2D eigenvalue weighted by molar-refractivity contribution is -0.641. The minimum atomic E-state index is -5.19. The minimum absolute atomic E-state index is 0.141. The van der Waals surface area contributed by atoms with E-state index in [0.29, 0.717) is 5.75 Å². The zero-order chi connectivity index (χ0) is 13.0. The van der Waals surface area contributed by atoms with E-state index in [9.17, 15) is 21.6 Å². The van der Waals surface area contributed by atoms with Crippen LogP contribution < -0.4 is 10.4 Å². The summed E-state index contributed by atoms with van der Waals surface area (Å²) in [6.07, 6.45) is -3.52. The molecule has 1 fully saturated rings. The Balaban J connectivity index is 0.000000293. The summed E-state index contributed by atoms with van der Waals surface area (Å²) in [5.74, 6) is -2.62. The number of aliphatic carboxylic acids is 1. The van der Waals surface area contributed by atoms with Crippen molar-refractivity contribution in [3.05, 3.63) is 0 Å². The van der Waals surface area contributed by atoms with Crippen molar-refractivity contribution in [1.29, 1.82) is 0 Å². The minimum Gasteiger partial charge on any atom is -0.542 e. The van der Waals surface area contributed by atoms with Crippen LogP contribution in [-0.2, 0) is 14.6 Å². The summed E-state index contributed by atoms with van der Waals surface area (Å²) >= 11 is 0.